The minimum atomic E-state index is -1.50. The van der Waals surface area contributed by atoms with E-state index >= 15 is 0 Å². The number of nitro groups is 1. The normalized spacial score (nSPS) is 12.3. The van der Waals surface area contributed by atoms with Crippen LogP contribution in [0.15, 0.2) is 12.1 Å². The fraction of sp³-hybridized carbons (Fsp3) is 0.471. The lowest BCUT2D eigenvalue weighted by Gasteiger charge is -2.18. The van der Waals surface area contributed by atoms with Crippen molar-refractivity contribution in [3.8, 4) is 0 Å². The van der Waals surface area contributed by atoms with E-state index < -0.39 is 59.0 Å². The van der Waals surface area contributed by atoms with E-state index in [2.05, 4.69) is 15.6 Å². The largest absolute Gasteiger partial charge is 0.481 e. The number of carbonyl (C=O) groups is 4. The summed E-state index contributed by atoms with van der Waals surface area (Å²) >= 11 is 0. The van der Waals surface area contributed by atoms with Crippen molar-refractivity contribution in [2.24, 2.45) is 0 Å². The van der Waals surface area contributed by atoms with Crippen LogP contribution in [0.25, 0.3) is 0 Å². The number of aromatic nitrogens is 1. The van der Waals surface area contributed by atoms with Crippen LogP contribution in [0.5, 0.6) is 0 Å². The Kier molecular flexibility index (Phi) is 10.2. The van der Waals surface area contributed by atoms with Gasteiger partial charge in [-0.15, -0.1) is 0 Å². The molecule has 0 radical (unpaired) electrons. The molecule has 6 N–H and O–H groups in total. The van der Waals surface area contributed by atoms with E-state index in [-0.39, 0.29) is 25.2 Å². The lowest BCUT2D eigenvalue weighted by molar-refractivity contribution is -0.388. The number of nitrogens with one attached hydrogen (secondary N) is 3. The van der Waals surface area contributed by atoms with Crippen LogP contribution in [0.1, 0.15) is 32.1 Å². The van der Waals surface area contributed by atoms with Gasteiger partial charge in [0.15, 0.2) is 0 Å². The first-order chi connectivity index (χ1) is 15.0. The lowest BCUT2D eigenvalue weighted by atomic mass is 10.1. The number of carboxylic acids is 3. The third-order valence-corrected chi connectivity index (χ3v) is 4.11. The van der Waals surface area contributed by atoms with Gasteiger partial charge in [-0.1, -0.05) is 0 Å². The number of halogens is 1. The first-order valence-corrected chi connectivity index (χ1v) is 9.30. The molecule has 0 fully saturated rings. The first kappa shape index (κ1) is 26.0. The van der Waals surface area contributed by atoms with E-state index in [4.69, 9.17) is 10.2 Å². The maximum absolute atomic E-state index is 13.5. The average Bonchev–Trinajstić information content (AvgIpc) is 2.69. The van der Waals surface area contributed by atoms with Gasteiger partial charge in [-0.3, -0.25) is 14.9 Å². The smallest absolute Gasteiger partial charge is 0.326 e. The molecule has 0 aromatic carbocycles. The molecule has 0 saturated carbocycles. The molecule has 0 spiro atoms. The van der Waals surface area contributed by atoms with Crippen molar-refractivity contribution in [3.63, 3.8) is 0 Å². The molecule has 0 aliphatic carbocycles. The minimum absolute atomic E-state index is 0.0145. The molecular formula is C17H22FN5O9. The van der Waals surface area contributed by atoms with Crippen molar-refractivity contribution in [3.05, 3.63) is 28.2 Å². The number of carboxylic acid groups (broad SMARTS) is 3. The maximum Gasteiger partial charge on any atom is 0.326 e. The highest BCUT2D eigenvalue weighted by Crippen LogP contribution is 2.17. The van der Waals surface area contributed by atoms with Crippen molar-refractivity contribution < 1.29 is 43.8 Å². The predicted octanol–water partition coefficient (Wildman–Crippen LogP) is 0.782. The van der Waals surface area contributed by atoms with Crippen LogP contribution < -0.4 is 16.0 Å². The lowest BCUT2D eigenvalue weighted by Crippen LogP contribution is -2.51. The average molecular weight is 459 g/mol. The number of carbonyl (C=O) groups excluding carboxylic acids is 1. The highest BCUT2D eigenvalue weighted by atomic mass is 19.1. The van der Waals surface area contributed by atoms with Crippen molar-refractivity contribution in [1.82, 2.24) is 15.6 Å². The molecular weight excluding hydrogens is 437 g/mol. The zero-order valence-electron chi connectivity index (χ0n) is 16.6. The standard InChI is InChI=1S/C17H22FN5O9/c18-14-11(23(31)32)5-6-12(22-14)19-8-2-1-3-9(15(26)27)20-17(30)21-10(16(28)29)4-7-13(24)25/h5-6,9-10H,1-4,7-8H2,(H,19,22)(H,24,25)(H,26,27)(H,28,29)(H2,20,21,30)/t9-,10-/m0/s1. The van der Waals surface area contributed by atoms with Crippen molar-refractivity contribution in [1.29, 1.82) is 0 Å². The summed E-state index contributed by atoms with van der Waals surface area (Å²) < 4.78 is 13.5. The fourth-order valence-corrected chi connectivity index (χ4v) is 2.49. The molecule has 0 saturated heterocycles. The van der Waals surface area contributed by atoms with Gasteiger partial charge in [-0.05, 0) is 31.7 Å². The zero-order chi connectivity index (χ0) is 24.3. The zero-order valence-corrected chi connectivity index (χ0v) is 16.6. The highest BCUT2D eigenvalue weighted by Gasteiger charge is 2.24. The molecule has 1 heterocycles. The molecule has 14 nitrogen and oxygen atoms in total. The number of hydrogen-bond donors (Lipinski definition) is 6. The van der Waals surface area contributed by atoms with Gasteiger partial charge in [0, 0.05) is 19.0 Å². The van der Waals surface area contributed by atoms with E-state index in [0.717, 1.165) is 6.07 Å². The van der Waals surface area contributed by atoms with Crippen LogP contribution >= 0.6 is 0 Å². The van der Waals surface area contributed by atoms with E-state index in [9.17, 15) is 38.8 Å². The van der Waals surface area contributed by atoms with Gasteiger partial charge >= 0.3 is 29.6 Å². The van der Waals surface area contributed by atoms with E-state index in [1.807, 2.05) is 5.32 Å². The van der Waals surface area contributed by atoms with Crippen LogP contribution in [-0.2, 0) is 14.4 Å². The van der Waals surface area contributed by atoms with Gasteiger partial charge in [-0.2, -0.15) is 9.37 Å². The molecule has 0 aliphatic rings. The van der Waals surface area contributed by atoms with Gasteiger partial charge in [0.2, 0.25) is 0 Å². The molecule has 0 aliphatic heterocycles. The van der Waals surface area contributed by atoms with Gasteiger partial charge in [0.25, 0.3) is 5.95 Å². The number of rotatable bonds is 14. The van der Waals surface area contributed by atoms with E-state index in [1.54, 1.807) is 0 Å². The van der Waals surface area contributed by atoms with Crippen molar-refractivity contribution in [2.75, 3.05) is 11.9 Å². The Hall–Kier alpha value is -4.04. The quantitative estimate of drug-likeness (QED) is 0.0987. The minimum Gasteiger partial charge on any atom is -0.481 e. The van der Waals surface area contributed by atoms with E-state index in [1.165, 1.54) is 6.07 Å². The molecule has 0 unspecified atom stereocenters. The SMILES string of the molecule is O=C(O)CC[C@H](NC(=O)N[C@@H](CCCCNc1ccc([N+](=O)[O-])c(F)n1)C(=O)O)C(=O)O. The van der Waals surface area contributed by atoms with Gasteiger partial charge < -0.3 is 31.3 Å². The Balaban J connectivity index is 2.46. The van der Waals surface area contributed by atoms with Gasteiger partial charge in [0.1, 0.15) is 17.9 Å². The topological polar surface area (TPSA) is 221 Å². The number of unbranched alkanes of at least 4 members (excludes halogenated alkanes) is 1. The van der Waals surface area contributed by atoms with Crippen LogP contribution in [-0.4, -0.2) is 67.8 Å². The van der Waals surface area contributed by atoms with Crippen molar-refractivity contribution >= 4 is 35.4 Å². The maximum atomic E-state index is 13.5. The van der Waals surface area contributed by atoms with Gasteiger partial charge in [0.05, 0.1) is 4.92 Å². The summed E-state index contributed by atoms with van der Waals surface area (Å²) in [4.78, 5) is 57.9. The Bertz CT molecular complexity index is 867. The molecule has 1 aromatic heterocycles. The Morgan fingerprint density at radius 2 is 1.62 bits per heavy atom. The van der Waals surface area contributed by atoms with Gasteiger partial charge in [-0.25, -0.2) is 14.4 Å². The first-order valence-electron chi connectivity index (χ1n) is 9.30. The number of amides is 2. The molecule has 15 heteroatoms. The molecule has 1 rings (SSSR count). The third kappa shape index (κ3) is 9.19. The monoisotopic (exact) mass is 459 g/mol. The second-order valence-corrected chi connectivity index (χ2v) is 6.52. The van der Waals surface area contributed by atoms with Crippen LogP contribution in [0.4, 0.5) is 20.7 Å². The number of pyridine rings is 1. The summed E-state index contributed by atoms with van der Waals surface area (Å²) in [6.07, 6.45) is -0.219. The molecule has 176 valence electrons. The Morgan fingerprint density at radius 1 is 1.03 bits per heavy atom. The van der Waals surface area contributed by atoms with Crippen LogP contribution in [0, 0.1) is 16.1 Å². The summed E-state index contributed by atoms with van der Waals surface area (Å²) in [5.74, 6) is -5.26. The fourth-order valence-electron chi connectivity index (χ4n) is 2.49. The molecule has 32 heavy (non-hydrogen) atoms. The van der Waals surface area contributed by atoms with Crippen LogP contribution in [0.2, 0.25) is 0 Å². The van der Waals surface area contributed by atoms with Crippen LogP contribution in [0.3, 0.4) is 0 Å². The number of aliphatic carboxylic acids is 3. The second kappa shape index (κ2) is 12.6. The summed E-state index contributed by atoms with van der Waals surface area (Å²) in [6, 6.07) is -1.73. The summed E-state index contributed by atoms with van der Waals surface area (Å²) in [5.41, 5.74) is -0.766. The number of anilines is 1. The molecule has 2 atom stereocenters. The highest BCUT2D eigenvalue weighted by molar-refractivity contribution is 5.86. The Morgan fingerprint density at radius 3 is 2.12 bits per heavy atom. The predicted molar refractivity (Wildman–Crippen MR) is 105 cm³/mol. The molecule has 1 aromatic rings. The second-order valence-electron chi connectivity index (χ2n) is 6.52. The summed E-state index contributed by atoms with van der Waals surface area (Å²) in [7, 11) is 0. The van der Waals surface area contributed by atoms with E-state index in [0.29, 0.717) is 12.8 Å². The summed E-state index contributed by atoms with van der Waals surface area (Å²) in [5, 5.41) is 44.2. The number of hydrogen-bond acceptors (Lipinski definition) is 8. The third-order valence-electron chi connectivity index (χ3n) is 4.11. The van der Waals surface area contributed by atoms with Crippen molar-refractivity contribution in [2.45, 2.75) is 44.2 Å². The summed E-state index contributed by atoms with van der Waals surface area (Å²) in [6.45, 7) is 0.235. The molecule has 0 bridgehead atoms. The Labute approximate surface area is 180 Å². The number of urea groups is 1. The molecule has 2 amide bonds. The number of nitrogens with zero attached hydrogens (tertiary/aromatic N) is 2.